The van der Waals surface area contributed by atoms with E-state index in [1.807, 2.05) is 60.8 Å². The normalized spacial score (nSPS) is 10.8. The zero-order chi connectivity index (χ0) is 17.8. The Morgan fingerprint density at radius 2 is 1.92 bits per heavy atom. The number of anilines is 1. The van der Waals surface area contributed by atoms with Crippen LogP contribution in [0.5, 0.6) is 5.75 Å². The summed E-state index contributed by atoms with van der Waals surface area (Å²) in [6.07, 6.45) is 4.06. The van der Waals surface area contributed by atoms with Crippen molar-refractivity contribution in [2.45, 2.75) is 33.6 Å². The Labute approximate surface area is 147 Å². The van der Waals surface area contributed by atoms with E-state index in [1.54, 1.807) is 0 Å². The van der Waals surface area contributed by atoms with Crippen LogP contribution >= 0.6 is 0 Å². The molecule has 0 saturated heterocycles. The maximum absolute atomic E-state index is 12.7. The Kier molecular flexibility index (Phi) is 5.03. The quantitative estimate of drug-likeness (QED) is 0.679. The molecule has 2 heterocycles. The van der Waals surface area contributed by atoms with E-state index in [1.165, 1.54) is 0 Å². The molecule has 5 nitrogen and oxygen atoms in total. The van der Waals surface area contributed by atoms with Gasteiger partial charge in [-0.2, -0.15) is 0 Å². The molecule has 1 aromatic carbocycles. The SMILES string of the molecule is CCCCOc1ccc(NC(=O)c2c(C)nc3ccc(C)cn23)cc1. The molecule has 0 aliphatic carbocycles. The molecule has 0 radical (unpaired) electrons. The molecule has 0 unspecified atom stereocenters. The lowest BCUT2D eigenvalue weighted by atomic mass is 10.2. The summed E-state index contributed by atoms with van der Waals surface area (Å²) in [4.78, 5) is 17.2. The molecular weight excluding hydrogens is 314 g/mol. The summed E-state index contributed by atoms with van der Waals surface area (Å²) in [5.74, 6) is 0.642. The van der Waals surface area contributed by atoms with E-state index in [-0.39, 0.29) is 5.91 Å². The van der Waals surface area contributed by atoms with Crippen LogP contribution in [-0.2, 0) is 0 Å². The summed E-state index contributed by atoms with van der Waals surface area (Å²) in [7, 11) is 0. The van der Waals surface area contributed by atoms with Crippen molar-refractivity contribution in [2.75, 3.05) is 11.9 Å². The lowest BCUT2D eigenvalue weighted by molar-refractivity contribution is 0.102. The van der Waals surface area contributed by atoms with E-state index < -0.39 is 0 Å². The number of benzene rings is 1. The van der Waals surface area contributed by atoms with Gasteiger partial charge in [0, 0.05) is 11.9 Å². The number of aromatic nitrogens is 2. The lowest BCUT2D eigenvalue weighted by Crippen LogP contribution is -2.15. The first-order chi connectivity index (χ1) is 12.1. The smallest absolute Gasteiger partial charge is 0.274 e. The first-order valence-electron chi connectivity index (χ1n) is 8.58. The van der Waals surface area contributed by atoms with Gasteiger partial charge in [-0.15, -0.1) is 0 Å². The molecule has 0 fully saturated rings. The molecule has 0 aliphatic heterocycles. The number of rotatable bonds is 6. The molecular formula is C20H23N3O2. The number of ether oxygens (including phenoxy) is 1. The summed E-state index contributed by atoms with van der Waals surface area (Å²) in [5, 5.41) is 2.94. The number of nitrogens with one attached hydrogen (secondary N) is 1. The fourth-order valence-corrected chi connectivity index (χ4v) is 2.70. The van der Waals surface area contributed by atoms with Gasteiger partial charge in [0.05, 0.1) is 12.3 Å². The van der Waals surface area contributed by atoms with Crippen molar-refractivity contribution >= 4 is 17.2 Å². The van der Waals surface area contributed by atoms with Crippen LogP contribution in [0.25, 0.3) is 5.65 Å². The van der Waals surface area contributed by atoms with Crippen molar-refractivity contribution in [1.82, 2.24) is 9.38 Å². The minimum absolute atomic E-state index is 0.171. The number of fused-ring (bicyclic) bond motifs is 1. The Balaban J connectivity index is 1.76. The second-order valence-electron chi connectivity index (χ2n) is 6.16. The Bertz CT molecular complexity index is 882. The Morgan fingerprint density at radius 1 is 1.16 bits per heavy atom. The number of unbranched alkanes of at least 4 members (excludes halogenated alkanes) is 1. The van der Waals surface area contributed by atoms with Crippen molar-refractivity contribution < 1.29 is 9.53 Å². The summed E-state index contributed by atoms with van der Waals surface area (Å²) in [6.45, 7) is 6.68. The van der Waals surface area contributed by atoms with E-state index in [2.05, 4.69) is 17.2 Å². The number of amides is 1. The number of nitrogens with zero attached hydrogens (tertiary/aromatic N) is 2. The van der Waals surface area contributed by atoms with Crippen molar-refractivity contribution in [1.29, 1.82) is 0 Å². The highest BCUT2D eigenvalue weighted by Gasteiger charge is 2.16. The molecule has 5 heteroatoms. The molecule has 0 saturated carbocycles. The highest BCUT2D eigenvalue weighted by atomic mass is 16.5. The van der Waals surface area contributed by atoms with Crippen LogP contribution in [0.4, 0.5) is 5.69 Å². The maximum Gasteiger partial charge on any atom is 0.274 e. The van der Waals surface area contributed by atoms with Gasteiger partial charge in [-0.3, -0.25) is 9.20 Å². The van der Waals surface area contributed by atoms with Gasteiger partial charge < -0.3 is 10.1 Å². The van der Waals surface area contributed by atoms with Crippen LogP contribution in [0, 0.1) is 13.8 Å². The summed E-state index contributed by atoms with van der Waals surface area (Å²) in [5.41, 5.74) is 3.85. The monoisotopic (exact) mass is 337 g/mol. The van der Waals surface area contributed by atoms with Crippen LogP contribution in [-0.4, -0.2) is 21.9 Å². The molecule has 0 bridgehead atoms. The van der Waals surface area contributed by atoms with Gasteiger partial charge in [-0.25, -0.2) is 4.98 Å². The summed E-state index contributed by atoms with van der Waals surface area (Å²) in [6, 6.07) is 11.3. The molecule has 130 valence electrons. The molecule has 0 atom stereocenters. The molecule has 3 aromatic rings. The predicted octanol–water partition coefficient (Wildman–Crippen LogP) is 4.38. The zero-order valence-electron chi connectivity index (χ0n) is 14.9. The largest absolute Gasteiger partial charge is 0.494 e. The van der Waals surface area contributed by atoms with Gasteiger partial charge in [-0.1, -0.05) is 19.4 Å². The maximum atomic E-state index is 12.7. The predicted molar refractivity (Wildman–Crippen MR) is 99.5 cm³/mol. The van der Waals surface area contributed by atoms with Gasteiger partial charge in [-0.05, 0) is 56.2 Å². The average Bonchev–Trinajstić information content (AvgIpc) is 2.91. The number of hydrogen-bond acceptors (Lipinski definition) is 3. The van der Waals surface area contributed by atoms with Gasteiger partial charge in [0.1, 0.15) is 17.1 Å². The molecule has 3 rings (SSSR count). The molecule has 0 spiro atoms. The zero-order valence-corrected chi connectivity index (χ0v) is 14.9. The van der Waals surface area contributed by atoms with Crippen molar-refractivity contribution in [3.05, 3.63) is 59.5 Å². The number of hydrogen-bond donors (Lipinski definition) is 1. The number of pyridine rings is 1. The minimum Gasteiger partial charge on any atom is -0.494 e. The van der Waals surface area contributed by atoms with Gasteiger partial charge in [0.25, 0.3) is 5.91 Å². The van der Waals surface area contributed by atoms with Crippen LogP contribution in [0.2, 0.25) is 0 Å². The second kappa shape index (κ2) is 7.38. The van der Waals surface area contributed by atoms with E-state index in [4.69, 9.17) is 4.74 Å². The van der Waals surface area contributed by atoms with Crippen molar-refractivity contribution in [3.63, 3.8) is 0 Å². The topological polar surface area (TPSA) is 55.6 Å². The fourth-order valence-electron chi connectivity index (χ4n) is 2.70. The molecule has 2 aromatic heterocycles. The Hall–Kier alpha value is -2.82. The minimum atomic E-state index is -0.171. The lowest BCUT2D eigenvalue weighted by Gasteiger charge is -2.09. The summed E-state index contributed by atoms with van der Waals surface area (Å²) < 4.78 is 7.48. The third-order valence-electron chi connectivity index (χ3n) is 4.03. The third-order valence-corrected chi connectivity index (χ3v) is 4.03. The fraction of sp³-hybridized carbons (Fsp3) is 0.300. The summed E-state index contributed by atoms with van der Waals surface area (Å²) >= 11 is 0. The van der Waals surface area contributed by atoms with Gasteiger partial charge >= 0.3 is 0 Å². The molecule has 1 amide bonds. The number of carbonyl (C=O) groups is 1. The Morgan fingerprint density at radius 3 is 2.64 bits per heavy atom. The van der Waals surface area contributed by atoms with E-state index in [0.29, 0.717) is 18.0 Å². The van der Waals surface area contributed by atoms with Crippen molar-refractivity contribution in [2.24, 2.45) is 0 Å². The van der Waals surface area contributed by atoms with E-state index >= 15 is 0 Å². The third kappa shape index (κ3) is 3.82. The molecule has 25 heavy (non-hydrogen) atoms. The van der Waals surface area contributed by atoms with E-state index in [9.17, 15) is 4.79 Å². The number of carbonyl (C=O) groups excluding carboxylic acids is 1. The molecule has 1 N–H and O–H groups in total. The number of aryl methyl sites for hydroxylation is 2. The first-order valence-corrected chi connectivity index (χ1v) is 8.58. The highest BCUT2D eigenvalue weighted by Crippen LogP contribution is 2.19. The number of imidazole rings is 1. The highest BCUT2D eigenvalue weighted by molar-refractivity contribution is 6.04. The van der Waals surface area contributed by atoms with Gasteiger partial charge in [0.2, 0.25) is 0 Å². The van der Waals surface area contributed by atoms with Crippen molar-refractivity contribution in [3.8, 4) is 5.75 Å². The van der Waals surface area contributed by atoms with Crippen LogP contribution < -0.4 is 10.1 Å². The first kappa shape index (κ1) is 17.0. The second-order valence-corrected chi connectivity index (χ2v) is 6.16. The van der Waals surface area contributed by atoms with E-state index in [0.717, 1.165) is 35.5 Å². The molecule has 0 aliphatic rings. The average molecular weight is 337 g/mol. The van der Waals surface area contributed by atoms with Crippen LogP contribution in [0.3, 0.4) is 0 Å². The van der Waals surface area contributed by atoms with Crippen LogP contribution in [0.15, 0.2) is 42.6 Å². The standard InChI is InChI=1S/C20H23N3O2/c1-4-5-12-25-17-9-7-16(8-10-17)22-20(24)19-15(3)21-18-11-6-14(2)13-23(18)19/h6-11,13H,4-5,12H2,1-3H3,(H,22,24). The van der Waals surface area contributed by atoms with Gasteiger partial charge in [0.15, 0.2) is 0 Å². The van der Waals surface area contributed by atoms with Crippen LogP contribution in [0.1, 0.15) is 41.5 Å².